The molecule has 270 valence electrons. The van der Waals surface area contributed by atoms with Gasteiger partial charge in [0.25, 0.3) is 0 Å². The van der Waals surface area contributed by atoms with Gasteiger partial charge in [0.05, 0.1) is 29.8 Å². The van der Waals surface area contributed by atoms with E-state index in [9.17, 15) is 18.9 Å². The molecule has 2 aromatic carbocycles. The van der Waals surface area contributed by atoms with Gasteiger partial charge in [0.1, 0.15) is 16.7 Å². The summed E-state index contributed by atoms with van der Waals surface area (Å²) in [5, 5.41) is 11.4. The molecule has 0 bridgehead atoms. The zero-order chi connectivity index (χ0) is 35.5. The highest BCUT2D eigenvalue weighted by molar-refractivity contribution is 7.84. The first-order valence-corrected chi connectivity index (χ1v) is 19.1. The quantitative estimate of drug-likeness (QED) is 0.163. The highest BCUT2D eigenvalue weighted by atomic mass is 35.5. The van der Waals surface area contributed by atoms with Gasteiger partial charge < -0.3 is 24.4 Å². The van der Waals surface area contributed by atoms with Crippen molar-refractivity contribution < 1.29 is 28.4 Å². The maximum atomic E-state index is 11.5. The minimum absolute atomic E-state index is 0.0473. The van der Waals surface area contributed by atoms with Gasteiger partial charge in [-0.3, -0.25) is 14.3 Å². The number of aliphatic hydroxyl groups excluding tert-OH is 1. The Labute approximate surface area is 300 Å². The molecule has 2 N–H and O–H groups in total. The van der Waals surface area contributed by atoms with E-state index in [-0.39, 0.29) is 23.2 Å². The second-order valence-electron chi connectivity index (χ2n) is 13.5. The summed E-state index contributed by atoms with van der Waals surface area (Å²) < 4.78 is 25.2. The summed E-state index contributed by atoms with van der Waals surface area (Å²) in [7, 11) is 2.55. The van der Waals surface area contributed by atoms with Crippen molar-refractivity contribution in [3.05, 3.63) is 70.3 Å². The first-order valence-electron chi connectivity index (χ1n) is 17.6. The summed E-state index contributed by atoms with van der Waals surface area (Å²) in [6, 6.07) is 12.4. The van der Waals surface area contributed by atoms with Crippen LogP contribution in [0.5, 0.6) is 5.75 Å². The van der Waals surface area contributed by atoms with E-state index in [0.29, 0.717) is 31.4 Å². The minimum atomic E-state index is -1.08. The fourth-order valence-electron chi connectivity index (χ4n) is 6.61. The Morgan fingerprint density at radius 1 is 1.22 bits per heavy atom. The number of hydrogen-bond acceptors (Lipinski definition) is 7. The van der Waals surface area contributed by atoms with Crippen LogP contribution in [0.15, 0.2) is 48.6 Å². The first kappa shape index (κ1) is 38.9. The van der Waals surface area contributed by atoms with Crippen LogP contribution in [0.1, 0.15) is 88.0 Å². The van der Waals surface area contributed by atoms with E-state index in [1.54, 1.807) is 18.9 Å². The minimum Gasteiger partial charge on any atom is -0.491 e. The van der Waals surface area contributed by atoms with E-state index >= 15 is 0 Å². The van der Waals surface area contributed by atoms with Crippen molar-refractivity contribution in [1.29, 1.82) is 0 Å². The Morgan fingerprint density at radius 2 is 2.00 bits per heavy atom. The number of halogens is 1. The number of amides is 2. The Hall–Kier alpha value is -2.92. The molecule has 2 fully saturated rings. The van der Waals surface area contributed by atoms with Crippen LogP contribution >= 0.6 is 11.6 Å². The van der Waals surface area contributed by atoms with E-state index in [1.165, 1.54) is 11.1 Å². The first-order chi connectivity index (χ1) is 23.6. The third-order valence-corrected chi connectivity index (χ3v) is 11.5. The predicted molar refractivity (Wildman–Crippen MR) is 197 cm³/mol. The number of carbonyl (C=O) groups excluding carboxylic acids is 2. The Balaban J connectivity index is 0.000000592. The van der Waals surface area contributed by atoms with Crippen LogP contribution in [-0.4, -0.2) is 78.3 Å². The van der Waals surface area contributed by atoms with Crippen molar-refractivity contribution in [2.24, 2.45) is 11.8 Å². The van der Waals surface area contributed by atoms with E-state index in [4.69, 9.17) is 21.1 Å². The molecule has 3 aliphatic rings. The van der Waals surface area contributed by atoms with Gasteiger partial charge in [0.15, 0.2) is 0 Å². The lowest BCUT2D eigenvalue weighted by Gasteiger charge is -2.43. The zero-order valence-electron chi connectivity index (χ0n) is 29.6. The second-order valence-corrected chi connectivity index (χ2v) is 15.4. The average Bonchev–Trinajstić information content (AvgIpc) is 3.93. The molecule has 6 atom stereocenters. The van der Waals surface area contributed by atoms with E-state index < -0.39 is 17.1 Å². The molecular weight excluding hydrogens is 662 g/mol. The number of hydrogen-bond donors (Lipinski definition) is 2. The van der Waals surface area contributed by atoms with Gasteiger partial charge >= 0.3 is 0 Å². The third-order valence-electron chi connectivity index (χ3n) is 9.86. The smallest absolute Gasteiger partial charge is 0.219 e. The van der Waals surface area contributed by atoms with Gasteiger partial charge in [0.2, 0.25) is 12.3 Å². The molecule has 49 heavy (non-hydrogen) atoms. The number of aryl methyl sites for hydroxylation is 1. The SMILES string of the molecule is CCCc1cc(Cl)ccc1C1COc2ccc(C(C)O)cc2N(CC2CCC2C(/C=C/CCN(C)C(C)=O)OC)C1.O=CNS(=O)C1CC1. The van der Waals surface area contributed by atoms with Gasteiger partial charge in [-0.25, -0.2) is 4.21 Å². The molecule has 0 saturated heterocycles. The van der Waals surface area contributed by atoms with Crippen LogP contribution in [-0.2, 0) is 31.7 Å². The number of anilines is 1. The van der Waals surface area contributed by atoms with Crippen LogP contribution in [0.2, 0.25) is 5.02 Å². The monoisotopic (exact) mass is 715 g/mol. The lowest BCUT2D eigenvalue weighted by molar-refractivity contribution is -0.127. The predicted octanol–water partition coefficient (Wildman–Crippen LogP) is 6.35. The summed E-state index contributed by atoms with van der Waals surface area (Å²) in [6.45, 7) is 8.65. The lowest BCUT2D eigenvalue weighted by Crippen LogP contribution is -2.44. The van der Waals surface area contributed by atoms with Crippen LogP contribution in [0.3, 0.4) is 0 Å². The summed E-state index contributed by atoms with van der Waals surface area (Å²) in [6.07, 6.45) is 11.4. The molecule has 1 aliphatic heterocycles. The Bertz CT molecular complexity index is 1450. The fourth-order valence-corrected chi connectivity index (χ4v) is 7.65. The molecule has 5 rings (SSSR count). The van der Waals surface area contributed by atoms with Crippen molar-refractivity contribution >= 4 is 40.6 Å². The Kier molecular flexibility index (Phi) is 15.0. The number of ether oxygens (including phenoxy) is 2. The van der Waals surface area contributed by atoms with Crippen LogP contribution in [0.4, 0.5) is 5.69 Å². The summed E-state index contributed by atoms with van der Waals surface area (Å²) in [5.74, 6) is 2.06. The molecular formula is C38H54ClN3O6S. The van der Waals surface area contributed by atoms with Gasteiger partial charge in [-0.05, 0) is 98.2 Å². The molecule has 0 radical (unpaired) electrons. The number of fused-ring (bicyclic) bond motifs is 1. The lowest BCUT2D eigenvalue weighted by atomic mass is 9.70. The summed E-state index contributed by atoms with van der Waals surface area (Å²) in [4.78, 5) is 25.4. The maximum Gasteiger partial charge on any atom is 0.219 e. The molecule has 6 unspecified atom stereocenters. The normalized spacial score (nSPS) is 21.9. The molecule has 0 aromatic heterocycles. The van der Waals surface area contributed by atoms with Crippen molar-refractivity contribution in [1.82, 2.24) is 9.62 Å². The molecule has 1 heterocycles. The number of benzene rings is 2. The van der Waals surface area contributed by atoms with Gasteiger partial charge in [-0.15, -0.1) is 0 Å². The van der Waals surface area contributed by atoms with Crippen LogP contribution in [0, 0.1) is 11.8 Å². The van der Waals surface area contributed by atoms with Crippen molar-refractivity contribution in [2.45, 2.75) is 89.1 Å². The highest BCUT2D eigenvalue weighted by Gasteiger charge is 2.38. The molecule has 2 aliphatic carbocycles. The molecule has 2 amide bonds. The largest absolute Gasteiger partial charge is 0.491 e. The topological polar surface area (TPSA) is 108 Å². The fraction of sp³-hybridized carbons (Fsp3) is 0.579. The number of nitrogens with zero attached hydrogens (tertiary/aromatic N) is 2. The van der Waals surface area contributed by atoms with Crippen LogP contribution in [0.25, 0.3) is 0 Å². The molecule has 2 aromatic rings. The summed E-state index contributed by atoms with van der Waals surface area (Å²) in [5.41, 5.74) is 4.56. The number of carbonyl (C=O) groups is 2. The van der Waals surface area contributed by atoms with Gasteiger partial charge in [-0.1, -0.05) is 49.2 Å². The van der Waals surface area contributed by atoms with Gasteiger partial charge in [-0.2, -0.15) is 0 Å². The number of methoxy groups -OCH3 is 1. The number of nitrogens with one attached hydrogen (secondary N) is 1. The Morgan fingerprint density at radius 3 is 2.61 bits per heavy atom. The van der Waals surface area contributed by atoms with E-state index in [0.717, 1.165) is 80.1 Å². The molecule has 0 spiro atoms. The van der Waals surface area contributed by atoms with Crippen molar-refractivity contribution in [3.8, 4) is 5.75 Å². The van der Waals surface area contributed by atoms with E-state index in [2.05, 4.69) is 46.9 Å². The highest BCUT2D eigenvalue weighted by Crippen LogP contribution is 2.43. The molecule has 2 saturated carbocycles. The molecule has 11 heteroatoms. The van der Waals surface area contributed by atoms with Crippen molar-refractivity contribution in [2.75, 3.05) is 45.3 Å². The summed E-state index contributed by atoms with van der Waals surface area (Å²) >= 11 is 6.40. The third kappa shape index (κ3) is 11.0. The second kappa shape index (κ2) is 18.9. The molecule has 9 nitrogen and oxygen atoms in total. The van der Waals surface area contributed by atoms with Crippen LogP contribution < -0.4 is 14.4 Å². The number of aliphatic hydroxyl groups is 1. The van der Waals surface area contributed by atoms with Gasteiger partial charge in [0, 0.05) is 51.7 Å². The maximum absolute atomic E-state index is 11.5. The zero-order valence-corrected chi connectivity index (χ0v) is 31.2. The number of rotatable bonds is 15. The van der Waals surface area contributed by atoms with E-state index in [1.807, 2.05) is 32.2 Å². The van der Waals surface area contributed by atoms with Crippen molar-refractivity contribution in [3.63, 3.8) is 0 Å². The standard InChI is InChI=1S/C34H47ClN2O4.C4H7NO2S/c1-6-9-26-18-29(35)13-15-30(26)28-21-37(32-19-25(23(2)38)12-16-34(32)41-22-28)20-27-11-14-31(27)33(40-5)10-7-8-17-36(4)24(3)39;6-3-5-8(7)4-1-2-4/h7,10,12-13,15-16,18-19,23,27-28,31,33,38H,6,8-9,11,14,17,20-22H2,1-5H3;3-4H,1-2H2,(H,5,6)/b10-7+;. The average molecular weight is 716 g/mol.